The van der Waals surface area contributed by atoms with Gasteiger partial charge in [0.1, 0.15) is 5.82 Å². The normalized spacial score (nSPS) is 13.2. The van der Waals surface area contributed by atoms with Crippen molar-refractivity contribution in [3.63, 3.8) is 0 Å². The molecule has 1 aliphatic heterocycles. The molecule has 0 radical (unpaired) electrons. The number of anilines is 1. The van der Waals surface area contributed by atoms with Gasteiger partial charge in [-0.2, -0.15) is 0 Å². The highest BCUT2D eigenvalue weighted by Crippen LogP contribution is 2.24. The maximum Gasteiger partial charge on any atom is 0.253 e. The van der Waals surface area contributed by atoms with Crippen molar-refractivity contribution >= 4 is 40.7 Å². The zero-order chi connectivity index (χ0) is 21.8. The van der Waals surface area contributed by atoms with E-state index in [1.165, 1.54) is 18.6 Å². The number of aromatic nitrogens is 3. The summed E-state index contributed by atoms with van der Waals surface area (Å²) in [4.78, 5) is 24.4. The van der Waals surface area contributed by atoms with Crippen LogP contribution in [-0.2, 0) is 17.8 Å². The molecule has 0 saturated heterocycles. The maximum absolute atomic E-state index is 12.2. The fourth-order valence-electron chi connectivity index (χ4n) is 3.54. The molecule has 7 nitrogen and oxygen atoms in total. The van der Waals surface area contributed by atoms with E-state index in [2.05, 4.69) is 25.4 Å². The van der Waals surface area contributed by atoms with Crippen LogP contribution in [0.5, 0.6) is 0 Å². The third-order valence-electron chi connectivity index (χ3n) is 5.12. The molecule has 0 spiro atoms. The number of carbonyl (C=O) groups is 2. The van der Waals surface area contributed by atoms with E-state index >= 15 is 0 Å². The summed E-state index contributed by atoms with van der Waals surface area (Å²) in [5.41, 5.74) is 1.84. The lowest BCUT2D eigenvalue weighted by Crippen LogP contribution is -2.33. The van der Waals surface area contributed by atoms with Gasteiger partial charge in [0.15, 0.2) is 5.82 Å². The summed E-state index contributed by atoms with van der Waals surface area (Å²) in [6.45, 7) is 0.741. The van der Waals surface area contributed by atoms with Crippen molar-refractivity contribution in [2.24, 2.45) is 0 Å². The Hall–Kier alpha value is -2.90. The van der Waals surface area contributed by atoms with E-state index in [0.717, 1.165) is 43.0 Å². The Morgan fingerprint density at radius 2 is 1.81 bits per heavy atom. The average Bonchev–Trinajstić information content (AvgIpc) is 3.00. The first kappa shape index (κ1) is 21.3. The summed E-state index contributed by atoms with van der Waals surface area (Å²) in [5.74, 6) is 1.09. The molecule has 160 valence electrons. The summed E-state index contributed by atoms with van der Waals surface area (Å²) < 4.78 is 2.18. The third kappa shape index (κ3) is 5.06. The monoisotopic (exact) mass is 457 g/mol. The lowest BCUT2D eigenvalue weighted by molar-refractivity contribution is -0.115. The van der Waals surface area contributed by atoms with Crippen molar-refractivity contribution in [2.45, 2.75) is 32.2 Å². The number of rotatable bonds is 5. The van der Waals surface area contributed by atoms with E-state index in [4.69, 9.17) is 23.2 Å². The van der Waals surface area contributed by atoms with Crippen molar-refractivity contribution < 1.29 is 9.59 Å². The molecule has 1 aliphatic rings. The van der Waals surface area contributed by atoms with Crippen molar-refractivity contribution in [3.05, 3.63) is 63.9 Å². The lowest BCUT2D eigenvalue weighted by atomic mass is 10.2. The van der Waals surface area contributed by atoms with Gasteiger partial charge in [-0.25, -0.2) is 0 Å². The van der Waals surface area contributed by atoms with Crippen LogP contribution in [0.4, 0.5) is 5.69 Å². The Balaban J connectivity index is 1.35. The molecule has 31 heavy (non-hydrogen) atoms. The van der Waals surface area contributed by atoms with Crippen LogP contribution in [0.1, 0.15) is 35.4 Å². The Morgan fingerprint density at radius 3 is 2.58 bits per heavy atom. The van der Waals surface area contributed by atoms with Crippen LogP contribution in [0, 0.1) is 0 Å². The first-order chi connectivity index (χ1) is 15.0. The highest BCUT2D eigenvalue weighted by molar-refractivity contribution is 6.36. The first-order valence-corrected chi connectivity index (χ1v) is 10.8. The smallest absolute Gasteiger partial charge is 0.253 e. The lowest BCUT2D eigenvalue weighted by Gasteiger charge is -2.10. The zero-order valence-corrected chi connectivity index (χ0v) is 18.2. The molecule has 0 atom stereocenters. The molecule has 0 aliphatic carbocycles. The molecule has 3 aromatic rings. The number of aryl methyl sites for hydroxylation is 1. The second-order valence-electron chi connectivity index (χ2n) is 7.33. The van der Waals surface area contributed by atoms with Gasteiger partial charge in [-0.15, -0.1) is 10.2 Å². The molecule has 4 rings (SSSR count). The van der Waals surface area contributed by atoms with Gasteiger partial charge in [0.05, 0.1) is 17.1 Å². The Labute approximate surface area is 189 Å². The molecular weight excluding hydrogens is 437 g/mol. The Bertz CT molecular complexity index is 1110. The molecule has 0 fully saturated rings. The van der Waals surface area contributed by atoms with Crippen LogP contribution in [0.25, 0.3) is 11.4 Å². The minimum absolute atomic E-state index is 0.183. The van der Waals surface area contributed by atoms with E-state index in [-0.39, 0.29) is 23.0 Å². The molecular formula is C22H21Cl2N5O2. The summed E-state index contributed by atoms with van der Waals surface area (Å²) in [6.07, 6.45) is 4.42. The number of hydrogen-bond donors (Lipinski definition) is 2. The molecule has 9 heteroatoms. The van der Waals surface area contributed by atoms with E-state index in [9.17, 15) is 9.59 Å². The molecule has 2 heterocycles. The number of benzene rings is 2. The number of amides is 2. The minimum atomic E-state index is -0.445. The van der Waals surface area contributed by atoms with Gasteiger partial charge in [0.25, 0.3) is 5.91 Å². The van der Waals surface area contributed by atoms with Crippen LogP contribution >= 0.6 is 23.2 Å². The molecule has 1 aromatic heterocycles. The van der Waals surface area contributed by atoms with Crippen molar-refractivity contribution in [1.82, 2.24) is 20.1 Å². The number of fused-ring (bicyclic) bond motifs is 1. The van der Waals surface area contributed by atoms with E-state index < -0.39 is 5.91 Å². The number of nitrogens with one attached hydrogen (secondary N) is 2. The largest absolute Gasteiger partial charge is 0.343 e. The fourth-order valence-corrected chi connectivity index (χ4v) is 4.03. The van der Waals surface area contributed by atoms with Gasteiger partial charge < -0.3 is 15.2 Å². The second kappa shape index (κ2) is 9.49. The van der Waals surface area contributed by atoms with Gasteiger partial charge in [0.2, 0.25) is 5.91 Å². The van der Waals surface area contributed by atoms with Gasteiger partial charge in [-0.05, 0) is 55.3 Å². The zero-order valence-electron chi connectivity index (χ0n) is 16.7. The van der Waals surface area contributed by atoms with Crippen molar-refractivity contribution in [2.75, 3.05) is 11.9 Å². The third-order valence-corrected chi connectivity index (χ3v) is 5.67. The highest BCUT2D eigenvalue weighted by atomic mass is 35.5. The summed E-state index contributed by atoms with van der Waals surface area (Å²) in [7, 11) is 0. The minimum Gasteiger partial charge on any atom is -0.343 e. The van der Waals surface area contributed by atoms with Gasteiger partial charge in [0, 0.05) is 29.2 Å². The first-order valence-electron chi connectivity index (χ1n) is 10.1. The standard InChI is InChI=1S/C22H21Cl2N5O2/c23-15-7-10-17(18(24)12-15)22(31)25-13-20(30)26-16-8-5-14(6-9-16)21-28-27-19-4-2-1-3-11-29(19)21/h5-10,12H,1-4,11,13H2,(H,25,31)(H,26,30). The van der Waals surface area contributed by atoms with Gasteiger partial charge >= 0.3 is 0 Å². The Morgan fingerprint density at radius 1 is 1.00 bits per heavy atom. The SMILES string of the molecule is O=C(CNC(=O)c1ccc(Cl)cc1Cl)Nc1ccc(-c2nnc3n2CCCCC3)cc1. The van der Waals surface area contributed by atoms with Crippen molar-refractivity contribution in [1.29, 1.82) is 0 Å². The van der Waals surface area contributed by atoms with Crippen LogP contribution in [0.2, 0.25) is 10.0 Å². The predicted octanol–water partition coefficient (Wildman–Crippen LogP) is 4.35. The molecule has 0 bridgehead atoms. The van der Waals surface area contributed by atoms with Crippen LogP contribution in [0.3, 0.4) is 0 Å². The molecule has 2 N–H and O–H groups in total. The maximum atomic E-state index is 12.2. The second-order valence-corrected chi connectivity index (χ2v) is 8.18. The highest BCUT2D eigenvalue weighted by Gasteiger charge is 2.16. The summed E-state index contributed by atoms with van der Waals surface area (Å²) in [6, 6.07) is 12.0. The summed E-state index contributed by atoms with van der Waals surface area (Å²) >= 11 is 11.9. The molecule has 0 unspecified atom stereocenters. The topological polar surface area (TPSA) is 88.9 Å². The van der Waals surface area contributed by atoms with Crippen LogP contribution < -0.4 is 10.6 Å². The van der Waals surface area contributed by atoms with Gasteiger partial charge in [-0.3, -0.25) is 9.59 Å². The van der Waals surface area contributed by atoms with Crippen LogP contribution in [0.15, 0.2) is 42.5 Å². The number of halogens is 2. The fraction of sp³-hybridized carbons (Fsp3) is 0.273. The van der Waals surface area contributed by atoms with Gasteiger partial charge in [-0.1, -0.05) is 29.6 Å². The van der Waals surface area contributed by atoms with Crippen LogP contribution in [-0.4, -0.2) is 33.1 Å². The van der Waals surface area contributed by atoms with E-state index in [0.29, 0.717) is 10.7 Å². The van der Waals surface area contributed by atoms with E-state index in [1.807, 2.05) is 24.3 Å². The summed E-state index contributed by atoms with van der Waals surface area (Å²) in [5, 5.41) is 14.7. The molecule has 0 saturated carbocycles. The van der Waals surface area contributed by atoms with Crippen molar-refractivity contribution in [3.8, 4) is 11.4 Å². The van der Waals surface area contributed by atoms with E-state index in [1.54, 1.807) is 6.07 Å². The average molecular weight is 458 g/mol. The number of hydrogen-bond acceptors (Lipinski definition) is 4. The quantitative estimate of drug-likeness (QED) is 0.595. The molecule has 2 aromatic carbocycles. The number of nitrogens with zero attached hydrogens (tertiary/aromatic N) is 3. The Kier molecular flexibility index (Phi) is 6.53. The number of carbonyl (C=O) groups excluding carboxylic acids is 2. The molecule has 2 amide bonds. The predicted molar refractivity (Wildman–Crippen MR) is 120 cm³/mol.